The minimum absolute atomic E-state index is 0.0214. The number of hydroxylamine groups is 2. The van der Waals surface area contributed by atoms with Gasteiger partial charge in [-0.2, -0.15) is 0 Å². The number of ether oxygens (including phenoxy) is 2. The third-order valence-electron chi connectivity index (χ3n) is 5.37. The molecule has 1 aliphatic rings. The average molecular weight is 487 g/mol. The zero-order valence-electron chi connectivity index (χ0n) is 18.2. The first-order chi connectivity index (χ1) is 16.8. The van der Waals surface area contributed by atoms with Gasteiger partial charge in [0.05, 0.1) is 0 Å². The number of halogens is 3. The second-order valence-electron chi connectivity index (χ2n) is 7.73. The highest BCUT2D eigenvalue weighted by Gasteiger charge is 2.36. The highest BCUT2D eigenvalue weighted by Crippen LogP contribution is 2.41. The Morgan fingerprint density at radius 1 is 0.971 bits per heavy atom. The molecule has 182 valence electrons. The van der Waals surface area contributed by atoms with E-state index in [1.54, 1.807) is 30.3 Å². The zero-order chi connectivity index (χ0) is 24.9. The van der Waals surface area contributed by atoms with Gasteiger partial charge in [0.25, 0.3) is 0 Å². The van der Waals surface area contributed by atoms with E-state index in [0.29, 0.717) is 5.56 Å². The number of benzene rings is 3. The molecule has 0 radical (unpaired) electrons. The molecule has 1 unspecified atom stereocenters. The molecule has 3 aromatic carbocycles. The molecule has 0 saturated heterocycles. The number of nitrogens with zero attached hydrogens (tertiary/aromatic N) is 1. The van der Waals surface area contributed by atoms with Crippen LogP contribution < -0.4 is 4.74 Å². The van der Waals surface area contributed by atoms with E-state index < -0.39 is 42.2 Å². The van der Waals surface area contributed by atoms with Gasteiger partial charge in [-0.15, -0.1) is 5.06 Å². The fourth-order valence-corrected chi connectivity index (χ4v) is 3.90. The Labute approximate surface area is 198 Å². The van der Waals surface area contributed by atoms with E-state index in [2.05, 4.69) is 0 Å². The van der Waals surface area contributed by atoms with Crippen molar-refractivity contribution in [2.24, 2.45) is 0 Å². The molecule has 3 aromatic rings. The maximum Gasteiger partial charge on any atom is 0.528 e. The number of carboxylic acid groups (broad SMARTS) is 1. The molecule has 0 bridgehead atoms. The first-order valence-corrected chi connectivity index (χ1v) is 10.6. The number of hydrogen-bond acceptors (Lipinski definition) is 6. The predicted octanol–water partition coefficient (Wildman–Crippen LogP) is 4.78. The number of rotatable bonds is 7. The first-order valence-electron chi connectivity index (χ1n) is 10.6. The van der Waals surface area contributed by atoms with Crippen molar-refractivity contribution in [1.29, 1.82) is 0 Å². The van der Waals surface area contributed by atoms with Crippen LogP contribution in [0.2, 0.25) is 0 Å². The Bertz CT molecular complexity index is 1240. The van der Waals surface area contributed by atoms with E-state index in [4.69, 9.17) is 19.4 Å². The standard InChI is InChI=1S/C25H20F3NO6/c26-16-6-7-22(33-14-23(30)31)20(10-16)24-19-11-17(27)12-21(28)18(19)8-9-29(24)35-25(32)34-13-15-4-2-1-3-5-15/h1-7,10-12,24H,8-9,13-14H2,(H,30,31). The molecule has 35 heavy (non-hydrogen) atoms. The summed E-state index contributed by atoms with van der Waals surface area (Å²) < 4.78 is 53.5. The van der Waals surface area contributed by atoms with Gasteiger partial charge in [0.15, 0.2) is 6.61 Å². The maximum absolute atomic E-state index is 14.6. The molecule has 10 heteroatoms. The normalized spacial score (nSPS) is 15.2. The lowest BCUT2D eigenvalue weighted by atomic mass is 9.88. The number of carbonyl (C=O) groups is 2. The van der Waals surface area contributed by atoms with Crippen LogP contribution in [0, 0.1) is 17.5 Å². The number of carboxylic acids is 1. The van der Waals surface area contributed by atoms with E-state index in [1.165, 1.54) is 6.07 Å². The molecule has 4 rings (SSSR count). The molecule has 0 fully saturated rings. The fourth-order valence-electron chi connectivity index (χ4n) is 3.90. The lowest BCUT2D eigenvalue weighted by Gasteiger charge is -2.36. The minimum atomic E-state index is -1.28. The van der Waals surface area contributed by atoms with Gasteiger partial charge in [-0.1, -0.05) is 30.3 Å². The lowest BCUT2D eigenvalue weighted by molar-refractivity contribution is -0.153. The quantitative estimate of drug-likeness (QED) is 0.480. The summed E-state index contributed by atoms with van der Waals surface area (Å²) >= 11 is 0. The molecule has 1 aliphatic heterocycles. The summed E-state index contributed by atoms with van der Waals surface area (Å²) in [5, 5.41) is 10.1. The largest absolute Gasteiger partial charge is 0.528 e. The Hall–Kier alpha value is -4.05. The second kappa shape index (κ2) is 10.5. The van der Waals surface area contributed by atoms with Gasteiger partial charge in [-0.05, 0) is 47.4 Å². The molecule has 0 aliphatic carbocycles. The Balaban J connectivity index is 1.68. The van der Waals surface area contributed by atoms with Crippen LogP contribution in [0.4, 0.5) is 18.0 Å². The Morgan fingerprint density at radius 3 is 2.46 bits per heavy atom. The van der Waals surface area contributed by atoms with Crippen molar-refractivity contribution in [3.8, 4) is 5.75 Å². The van der Waals surface area contributed by atoms with Crippen LogP contribution in [0.15, 0.2) is 60.7 Å². The molecule has 0 amide bonds. The first kappa shape index (κ1) is 24.1. The summed E-state index contributed by atoms with van der Waals surface area (Å²) in [6, 6.07) is 12.7. The SMILES string of the molecule is O=C(O)COc1ccc(F)cc1C1c2cc(F)cc(F)c2CCN1OC(=O)OCc1ccccc1. The van der Waals surface area contributed by atoms with Crippen molar-refractivity contribution in [3.63, 3.8) is 0 Å². The summed E-state index contributed by atoms with van der Waals surface area (Å²) in [4.78, 5) is 28.8. The van der Waals surface area contributed by atoms with Crippen molar-refractivity contribution in [2.45, 2.75) is 19.1 Å². The van der Waals surface area contributed by atoms with Crippen LogP contribution in [0.1, 0.15) is 28.3 Å². The molecule has 0 saturated carbocycles. The van der Waals surface area contributed by atoms with E-state index in [9.17, 15) is 22.8 Å². The smallest absolute Gasteiger partial charge is 0.482 e. The molecule has 7 nitrogen and oxygen atoms in total. The van der Waals surface area contributed by atoms with Crippen molar-refractivity contribution >= 4 is 12.1 Å². The zero-order valence-corrected chi connectivity index (χ0v) is 18.2. The van der Waals surface area contributed by atoms with Crippen LogP contribution in [0.5, 0.6) is 5.75 Å². The topological polar surface area (TPSA) is 85.3 Å². The van der Waals surface area contributed by atoms with Crippen LogP contribution >= 0.6 is 0 Å². The van der Waals surface area contributed by atoms with Crippen molar-refractivity contribution in [3.05, 3.63) is 100 Å². The van der Waals surface area contributed by atoms with E-state index >= 15 is 0 Å². The van der Waals surface area contributed by atoms with Crippen molar-refractivity contribution < 1.29 is 42.2 Å². The molecular weight excluding hydrogens is 467 g/mol. The number of aliphatic carboxylic acids is 1. The van der Waals surface area contributed by atoms with Crippen LogP contribution in [-0.4, -0.2) is 35.4 Å². The van der Waals surface area contributed by atoms with Gasteiger partial charge in [-0.3, -0.25) is 0 Å². The van der Waals surface area contributed by atoms with Crippen LogP contribution in [0.25, 0.3) is 0 Å². The third-order valence-corrected chi connectivity index (χ3v) is 5.37. The summed E-state index contributed by atoms with van der Waals surface area (Å²) in [5.41, 5.74) is 0.967. The fraction of sp³-hybridized carbons (Fsp3) is 0.200. The van der Waals surface area contributed by atoms with Gasteiger partial charge in [-0.25, -0.2) is 22.8 Å². The number of carbonyl (C=O) groups excluding carboxylic acids is 1. The molecule has 1 atom stereocenters. The van der Waals surface area contributed by atoms with Gasteiger partial charge < -0.3 is 19.4 Å². The van der Waals surface area contributed by atoms with E-state index in [-0.39, 0.29) is 42.0 Å². The molecule has 1 N–H and O–H groups in total. The second-order valence-corrected chi connectivity index (χ2v) is 7.73. The summed E-state index contributed by atoms with van der Waals surface area (Å²) in [7, 11) is 0. The predicted molar refractivity (Wildman–Crippen MR) is 116 cm³/mol. The van der Waals surface area contributed by atoms with Crippen molar-refractivity contribution in [2.75, 3.05) is 13.2 Å². The third kappa shape index (κ3) is 5.72. The molecule has 0 aromatic heterocycles. The maximum atomic E-state index is 14.6. The highest BCUT2D eigenvalue weighted by atomic mass is 19.1. The Morgan fingerprint density at radius 2 is 1.71 bits per heavy atom. The number of fused-ring (bicyclic) bond motifs is 1. The van der Waals surface area contributed by atoms with Crippen molar-refractivity contribution in [1.82, 2.24) is 5.06 Å². The highest BCUT2D eigenvalue weighted by molar-refractivity contribution is 5.68. The molecule has 0 spiro atoms. The summed E-state index contributed by atoms with van der Waals surface area (Å²) in [6.45, 7) is -0.851. The van der Waals surface area contributed by atoms with Gasteiger partial charge in [0.1, 0.15) is 35.8 Å². The lowest BCUT2D eigenvalue weighted by Crippen LogP contribution is -2.39. The minimum Gasteiger partial charge on any atom is -0.482 e. The van der Waals surface area contributed by atoms with Gasteiger partial charge >= 0.3 is 12.1 Å². The van der Waals surface area contributed by atoms with Crippen LogP contribution in [-0.2, 0) is 27.4 Å². The van der Waals surface area contributed by atoms with Gasteiger partial charge in [0, 0.05) is 18.2 Å². The van der Waals surface area contributed by atoms with Gasteiger partial charge in [0.2, 0.25) is 0 Å². The molecular formula is C25H20F3NO6. The van der Waals surface area contributed by atoms with E-state index in [1.807, 2.05) is 0 Å². The monoisotopic (exact) mass is 487 g/mol. The summed E-state index contributed by atoms with van der Waals surface area (Å²) in [6.07, 6.45) is -1.02. The molecule has 1 heterocycles. The Kier molecular flexibility index (Phi) is 7.21. The van der Waals surface area contributed by atoms with E-state index in [0.717, 1.165) is 29.3 Å². The number of hydrogen-bond donors (Lipinski definition) is 1. The summed E-state index contributed by atoms with van der Waals surface area (Å²) in [5.74, 6) is -3.73. The average Bonchev–Trinajstić information content (AvgIpc) is 2.82. The van der Waals surface area contributed by atoms with Crippen LogP contribution in [0.3, 0.4) is 0 Å².